The summed E-state index contributed by atoms with van der Waals surface area (Å²) in [6.07, 6.45) is 3.88. The van der Waals surface area contributed by atoms with Gasteiger partial charge in [0.2, 0.25) is 0 Å². The summed E-state index contributed by atoms with van der Waals surface area (Å²) < 4.78 is 10.7. The molecule has 0 aliphatic heterocycles. The monoisotopic (exact) mass is 235 g/mol. The van der Waals surface area contributed by atoms with Crippen LogP contribution in [-0.4, -0.2) is 26.4 Å². The second-order valence-corrected chi connectivity index (χ2v) is 4.61. The van der Waals surface area contributed by atoms with Crippen LogP contribution in [0.5, 0.6) is 5.75 Å². The quantitative estimate of drug-likeness (QED) is 0.769. The zero-order chi connectivity index (χ0) is 12.1. The number of benzene rings is 1. The molecular formula is C14H21NO2. The number of nitrogens with one attached hydrogen (secondary N) is 1. The molecule has 1 N–H and O–H groups in total. The van der Waals surface area contributed by atoms with E-state index < -0.39 is 0 Å². The number of anilines is 1. The lowest BCUT2D eigenvalue weighted by atomic mass is 9.93. The summed E-state index contributed by atoms with van der Waals surface area (Å²) >= 11 is 0. The maximum absolute atomic E-state index is 5.74. The van der Waals surface area contributed by atoms with Crippen molar-refractivity contribution < 1.29 is 9.47 Å². The highest BCUT2D eigenvalue weighted by Crippen LogP contribution is 2.30. The van der Waals surface area contributed by atoms with Gasteiger partial charge >= 0.3 is 0 Å². The van der Waals surface area contributed by atoms with Gasteiger partial charge in [-0.2, -0.15) is 0 Å². The molecular weight excluding hydrogens is 214 g/mol. The molecule has 0 radical (unpaired) electrons. The largest absolute Gasteiger partial charge is 0.489 e. The van der Waals surface area contributed by atoms with Gasteiger partial charge in [0.1, 0.15) is 12.4 Å². The summed E-state index contributed by atoms with van der Waals surface area (Å²) in [5.41, 5.74) is 2.33. The Balaban J connectivity index is 2.00. The van der Waals surface area contributed by atoms with Crippen molar-refractivity contribution in [3.8, 4) is 5.75 Å². The second-order valence-electron chi connectivity index (χ2n) is 4.61. The molecule has 0 amide bonds. The molecule has 2 rings (SSSR count). The number of hydrogen-bond donors (Lipinski definition) is 1. The van der Waals surface area contributed by atoms with E-state index in [1.165, 1.54) is 24.8 Å². The highest BCUT2D eigenvalue weighted by molar-refractivity contribution is 5.58. The zero-order valence-electron chi connectivity index (χ0n) is 10.7. The van der Waals surface area contributed by atoms with Crippen molar-refractivity contribution in [1.82, 2.24) is 0 Å². The third kappa shape index (κ3) is 3.37. The maximum atomic E-state index is 5.74. The van der Waals surface area contributed by atoms with Crippen LogP contribution in [-0.2, 0) is 4.74 Å². The smallest absolute Gasteiger partial charge is 0.142 e. The molecule has 0 saturated heterocycles. The minimum absolute atomic E-state index is 0.597. The summed E-state index contributed by atoms with van der Waals surface area (Å²) in [7, 11) is 1.69. The Morgan fingerprint density at radius 2 is 2.12 bits per heavy atom. The molecule has 0 heterocycles. The van der Waals surface area contributed by atoms with Crippen molar-refractivity contribution in [3.05, 3.63) is 23.8 Å². The van der Waals surface area contributed by atoms with Crippen LogP contribution < -0.4 is 10.1 Å². The number of methoxy groups -OCH3 is 1. The van der Waals surface area contributed by atoms with Crippen molar-refractivity contribution in [3.63, 3.8) is 0 Å². The highest BCUT2D eigenvalue weighted by Gasteiger charge is 2.18. The summed E-state index contributed by atoms with van der Waals surface area (Å²) in [6.45, 7) is 3.30. The molecule has 3 heteroatoms. The predicted octanol–water partition coefficient (Wildman–Crippen LogP) is 2.98. The Kier molecular flexibility index (Phi) is 4.26. The molecule has 17 heavy (non-hydrogen) atoms. The third-order valence-corrected chi connectivity index (χ3v) is 3.15. The molecule has 0 atom stereocenters. The van der Waals surface area contributed by atoms with E-state index in [1.54, 1.807) is 7.11 Å². The van der Waals surface area contributed by atoms with E-state index in [1.807, 2.05) is 0 Å². The van der Waals surface area contributed by atoms with Gasteiger partial charge < -0.3 is 14.8 Å². The van der Waals surface area contributed by atoms with Gasteiger partial charge in [0.15, 0.2) is 0 Å². The second kappa shape index (κ2) is 5.92. The van der Waals surface area contributed by atoms with Gasteiger partial charge in [0, 0.05) is 13.2 Å². The van der Waals surface area contributed by atoms with Gasteiger partial charge in [-0.3, -0.25) is 0 Å². The first-order valence-corrected chi connectivity index (χ1v) is 6.28. The van der Waals surface area contributed by atoms with E-state index in [0.29, 0.717) is 19.3 Å². The van der Waals surface area contributed by atoms with Crippen LogP contribution in [0.15, 0.2) is 18.2 Å². The minimum Gasteiger partial charge on any atom is -0.489 e. The molecule has 1 saturated carbocycles. The average molecular weight is 235 g/mol. The Bertz CT molecular complexity index is 361. The third-order valence-electron chi connectivity index (χ3n) is 3.15. The van der Waals surface area contributed by atoms with Crippen LogP contribution >= 0.6 is 0 Å². The van der Waals surface area contributed by atoms with Crippen LogP contribution in [0.25, 0.3) is 0 Å². The topological polar surface area (TPSA) is 30.5 Å². The summed E-state index contributed by atoms with van der Waals surface area (Å²) in [5, 5.41) is 3.54. The summed E-state index contributed by atoms with van der Waals surface area (Å²) in [5.74, 6) is 0.939. The van der Waals surface area contributed by atoms with Crippen molar-refractivity contribution in [1.29, 1.82) is 0 Å². The lowest BCUT2D eigenvalue weighted by Gasteiger charge is -2.28. The Morgan fingerprint density at radius 1 is 1.29 bits per heavy atom. The number of aryl methyl sites for hydroxylation is 1. The number of hydrogen-bond acceptors (Lipinski definition) is 3. The van der Waals surface area contributed by atoms with E-state index in [-0.39, 0.29) is 0 Å². The van der Waals surface area contributed by atoms with E-state index >= 15 is 0 Å². The van der Waals surface area contributed by atoms with Crippen LogP contribution in [0.2, 0.25) is 0 Å². The number of rotatable bonds is 6. The maximum Gasteiger partial charge on any atom is 0.142 e. The molecule has 94 valence electrons. The van der Waals surface area contributed by atoms with Crippen molar-refractivity contribution in [2.45, 2.75) is 32.2 Å². The molecule has 1 aromatic carbocycles. The van der Waals surface area contributed by atoms with Gasteiger partial charge in [-0.05, 0) is 43.9 Å². The molecule has 1 aliphatic rings. The molecule has 1 fully saturated rings. The number of ether oxygens (including phenoxy) is 2. The van der Waals surface area contributed by atoms with Gasteiger partial charge in [-0.25, -0.2) is 0 Å². The fourth-order valence-electron chi connectivity index (χ4n) is 1.88. The average Bonchev–Trinajstić information content (AvgIpc) is 2.26. The summed E-state index contributed by atoms with van der Waals surface area (Å²) in [6, 6.07) is 6.93. The van der Waals surface area contributed by atoms with Crippen molar-refractivity contribution in [2.24, 2.45) is 0 Å². The summed E-state index contributed by atoms with van der Waals surface area (Å²) in [4.78, 5) is 0. The first-order chi connectivity index (χ1) is 8.29. The Morgan fingerprint density at radius 3 is 2.76 bits per heavy atom. The van der Waals surface area contributed by atoms with Crippen LogP contribution in [0, 0.1) is 6.92 Å². The van der Waals surface area contributed by atoms with Crippen LogP contribution in [0.4, 0.5) is 5.69 Å². The first kappa shape index (κ1) is 12.2. The van der Waals surface area contributed by atoms with Gasteiger partial charge in [-0.15, -0.1) is 0 Å². The van der Waals surface area contributed by atoms with Crippen molar-refractivity contribution >= 4 is 5.69 Å². The molecule has 0 bridgehead atoms. The minimum atomic E-state index is 0.597. The standard InChI is InChI=1S/C14H21NO2/c1-11-6-7-13(15-12-4-3-5-12)14(10-11)17-9-8-16-2/h6-7,10,12,15H,3-5,8-9H2,1-2H3. The molecule has 0 unspecified atom stereocenters. The Hall–Kier alpha value is -1.22. The van der Waals surface area contributed by atoms with E-state index in [0.717, 1.165) is 11.4 Å². The fraction of sp³-hybridized carbons (Fsp3) is 0.571. The van der Waals surface area contributed by atoms with Gasteiger partial charge in [0.05, 0.1) is 12.3 Å². The molecule has 1 aromatic rings. The van der Waals surface area contributed by atoms with E-state index in [2.05, 4.69) is 30.4 Å². The van der Waals surface area contributed by atoms with Crippen LogP contribution in [0.3, 0.4) is 0 Å². The highest BCUT2D eigenvalue weighted by atomic mass is 16.5. The molecule has 0 aromatic heterocycles. The first-order valence-electron chi connectivity index (χ1n) is 6.28. The molecule has 3 nitrogen and oxygen atoms in total. The van der Waals surface area contributed by atoms with Gasteiger partial charge in [-0.1, -0.05) is 6.07 Å². The zero-order valence-corrected chi connectivity index (χ0v) is 10.7. The van der Waals surface area contributed by atoms with Gasteiger partial charge in [0.25, 0.3) is 0 Å². The van der Waals surface area contributed by atoms with Crippen LogP contribution in [0.1, 0.15) is 24.8 Å². The Labute approximate surface area is 103 Å². The molecule has 0 spiro atoms. The molecule has 1 aliphatic carbocycles. The SMILES string of the molecule is COCCOc1cc(C)ccc1NC1CCC1. The van der Waals surface area contributed by atoms with E-state index in [9.17, 15) is 0 Å². The predicted molar refractivity (Wildman–Crippen MR) is 69.8 cm³/mol. The van der Waals surface area contributed by atoms with Crippen molar-refractivity contribution in [2.75, 3.05) is 25.6 Å². The fourth-order valence-corrected chi connectivity index (χ4v) is 1.88. The normalized spacial score (nSPS) is 15.4. The lowest BCUT2D eigenvalue weighted by Crippen LogP contribution is -2.27. The lowest BCUT2D eigenvalue weighted by molar-refractivity contribution is 0.146. The van der Waals surface area contributed by atoms with E-state index in [4.69, 9.17) is 9.47 Å².